The van der Waals surface area contributed by atoms with Crippen molar-refractivity contribution in [2.24, 2.45) is 0 Å². The summed E-state index contributed by atoms with van der Waals surface area (Å²) in [7, 11) is 1.55. The van der Waals surface area contributed by atoms with Gasteiger partial charge in [0.2, 0.25) is 6.79 Å². The third kappa shape index (κ3) is 2.98. The smallest absolute Gasteiger partial charge is 0.255 e. The molecule has 1 aliphatic rings. The molecule has 0 bridgehead atoms. The van der Waals surface area contributed by atoms with E-state index in [1.54, 1.807) is 19.2 Å². The predicted molar refractivity (Wildman–Crippen MR) is 81.6 cm³/mol. The van der Waals surface area contributed by atoms with Crippen molar-refractivity contribution < 1.29 is 19.0 Å². The van der Waals surface area contributed by atoms with E-state index in [2.05, 4.69) is 5.32 Å². The normalized spacial score (nSPS) is 12.0. The summed E-state index contributed by atoms with van der Waals surface area (Å²) in [5.74, 6) is 1.96. The molecule has 1 heterocycles. The number of nitrogens with one attached hydrogen (secondary N) is 1. The number of fused-ring (bicyclic) bond motifs is 1. The number of para-hydroxylation sites is 1. The molecule has 0 unspecified atom stereocenters. The molecule has 2 aromatic rings. The number of carbonyl (C=O) groups is 1. The number of methoxy groups -OCH3 is 1. The van der Waals surface area contributed by atoms with Crippen LogP contribution in [0.2, 0.25) is 0 Å². The lowest BCUT2D eigenvalue weighted by Crippen LogP contribution is -2.26. The monoisotopic (exact) mass is 299 g/mol. The number of benzene rings is 2. The zero-order valence-corrected chi connectivity index (χ0v) is 12.3. The van der Waals surface area contributed by atoms with E-state index in [9.17, 15) is 4.79 Å². The van der Waals surface area contributed by atoms with Crippen LogP contribution in [0.4, 0.5) is 0 Å². The fourth-order valence-electron chi connectivity index (χ4n) is 2.34. The molecular weight excluding hydrogens is 282 g/mol. The average molecular weight is 299 g/mol. The molecule has 0 atom stereocenters. The highest BCUT2D eigenvalue weighted by atomic mass is 16.7. The zero-order chi connectivity index (χ0) is 15.4. The molecule has 0 aliphatic carbocycles. The van der Waals surface area contributed by atoms with Crippen LogP contribution >= 0.6 is 0 Å². The van der Waals surface area contributed by atoms with Gasteiger partial charge in [0, 0.05) is 6.54 Å². The lowest BCUT2D eigenvalue weighted by molar-refractivity contribution is 0.0951. The van der Waals surface area contributed by atoms with E-state index in [1.807, 2.05) is 30.3 Å². The van der Waals surface area contributed by atoms with E-state index in [0.29, 0.717) is 17.9 Å². The van der Waals surface area contributed by atoms with Crippen molar-refractivity contribution in [2.45, 2.75) is 6.42 Å². The van der Waals surface area contributed by atoms with Gasteiger partial charge in [-0.3, -0.25) is 4.79 Å². The molecule has 0 aromatic heterocycles. The van der Waals surface area contributed by atoms with E-state index in [1.165, 1.54) is 0 Å². The van der Waals surface area contributed by atoms with Gasteiger partial charge in [-0.2, -0.15) is 0 Å². The topological polar surface area (TPSA) is 56.8 Å². The van der Waals surface area contributed by atoms with Gasteiger partial charge in [0.25, 0.3) is 5.91 Å². The number of hydrogen-bond acceptors (Lipinski definition) is 4. The average Bonchev–Trinajstić information content (AvgIpc) is 3.02. The second kappa shape index (κ2) is 6.39. The number of hydrogen-bond donors (Lipinski definition) is 1. The number of carbonyl (C=O) groups excluding carboxylic acids is 1. The summed E-state index contributed by atoms with van der Waals surface area (Å²) in [5.41, 5.74) is 1.63. The Balaban J connectivity index is 1.58. The standard InChI is InChI=1S/C17H17NO4/c1-20-14-5-3-2-4-13(14)17(19)18-9-8-12-6-7-15-16(10-12)22-11-21-15/h2-7,10H,8-9,11H2,1H3,(H,18,19). The Labute approximate surface area is 128 Å². The lowest BCUT2D eigenvalue weighted by atomic mass is 10.1. The van der Waals surface area contributed by atoms with Gasteiger partial charge in [-0.1, -0.05) is 18.2 Å². The number of amides is 1. The van der Waals surface area contributed by atoms with Crippen molar-refractivity contribution in [3.63, 3.8) is 0 Å². The molecule has 1 amide bonds. The molecule has 1 N–H and O–H groups in total. The van der Waals surface area contributed by atoms with Gasteiger partial charge in [0.05, 0.1) is 12.7 Å². The van der Waals surface area contributed by atoms with Crippen LogP contribution < -0.4 is 19.5 Å². The second-order valence-corrected chi connectivity index (χ2v) is 4.89. The van der Waals surface area contributed by atoms with Gasteiger partial charge in [-0.25, -0.2) is 0 Å². The highest BCUT2D eigenvalue weighted by molar-refractivity contribution is 5.96. The first-order chi connectivity index (χ1) is 10.8. The first-order valence-electron chi connectivity index (χ1n) is 7.07. The Kier molecular flexibility index (Phi) is 4.14. The molecule has 3 rings (SSSR count). The van der Waals surface area contributed by atoms with Crippen LogP contribution in [0.5, 0.6) is 17.2 Å². The Morgan fingerprint density at radius 2 is 2.00 bits per heavy atom. The number of ether oxygens (including phenoxy) is 3. The molecule has 2 aromatic carbocycles. The molecule has 0 spiro atoms. The molecular formula is C17H17NO4. The summed E-state index contributed by atoms with van der Waals surface area (Å²) in [6, 6.07) is 13.0. The van der Waals surface area contributed by atoms with Crippen LogP contribution in [0.15, 0.2) is 42.5 Å². The maximum Gasteiger partial charge on any atom is 0.255 e. The summed E-state index contributed by atoms with van der Waals surface area (Å²) in [5, 5.41) is 2.90. The van der Waals surface area contributed by atoms with Gasteiger partial charge < -0.3 is 19.5 Å². The van der Waals surface area contributed by atoms with Crippen LogP contribution in [0.3, 0.4) is 0 Å². The molecule has 114 valence electrons. The van der Waals surface area contributed by atoms with Gasteiger partial charge in [0.1, 0.15) is 5.75 Å². The summed E-state index contributed by atoms with van der Waals surface area (Å²) in [6.45, 7) is 0.805. The van der Waals surface area contributed by atoms with Crippen molar-refractivity contribution >= 4 is 5.91 Å². The fraction of sp³-hybridized carbons (Fsp3) is 0.235. The largest absolute Gasteiger partial charge is 0.496 e. The molecule has 0 saturated heterocycles. The third-order valence-corrected chi connectivity index (χ3v) is 3.49. The molecule has 5 heteroatoms. The van der Waals surface area contributed by atoms with Crippen molar-refractivity contribution in [2.75, 3.05) is 20.4 Å². The van der Waals surface area contributed by atoms with Gasteiger partial charge in [-0.05, 0) is 36.2 Å². The SMILES string of the molecule is COc1ccccc1C(=O)NCCc1ccc2c(c1)OCO2. The van der Waals surface area contributed by atoms with E-state index < -0.39 is 0 Å². The van der Waals surface area contributed by atoms with Crippen LogP contribution in [0, 0.1) is 0 Å². The molecule has 5 nitrogen and oxygen atoms in total. The van der Waals surface area contributed by atoms with Gasteiger partial charge >= 0.3 is 0 Å². The Morgan fingerprint density at radius 1 is 1.18 bits per heavy atom. The highest BCUT2D eigenvalue weighted by Crippen LogP contribution is 2.32. The van der Waals surface area contributed by atoms with Crippen LogP contribution in [0.25, 0.3) is 0 Å². The molecule has 1 aliphatic heterocycles. The van der Waals surface area contributed by atoms with Crippen molar-refractivity contribution in [3.05, 3.63) is 53.6 Å². The van der Waals surface area contributed by atoms with Crippen LogP contribution in [-0.4, -0.2) is 26.4 Å². The zero-order valence-electron chi connectivity index (χ0n) is 12.3. The molecule has 0 fully saturated rings. The predicted octanol–water partition coefficient (Wildman–Crippen LogP) is 2.40. The molecule has 0 radical (unpaired) electrons. The number of rotatable bonds is 5. The fourth-order valence-corrected chi connectivity index (χ4v) is 2.34. The van der Waals surface area contributed by atoms with Gasteiger partial charge in [0.15, 0.2) is 11.5 Å². The Morgan fingerprint density at radius 3 is 2.86 bits per heavy atom. The lowest BCUT2D eigenvalue weighted by Gasteiger charge is -2.09. The minimum absolute atomic E-state index is 0.141. The van der Waals surface area contributed by atoms with Gasteiger partial charge in [-0.15, -0.1) is 0 Å². The Hall–Kier alpha value is -2.69. The maximum absolute atomic E-state index is 12.2. The van der Waals surface area contributed by atoms with Crippen molar-refractivity contribution in [3.8, 4) is 17.2 Å². The quantitative estimate of drug-likeness (QED) is 0.921. The third-order valence-electron chi connectivity index (χ3n) is 3.49. The summed E-state index contributed by atoms with van der Waals surface area (Å²) in [6.07, 6.45) is 0.720. The van der Waals surface area contributed by atoms with E-state index in [0.717, 1.165) is 23.5 Å². The maximum atomic E-state index is 12.2. The van der Waals surface area contributed by atoms with Crippen LogP contribution in [0.1, 0.15) is 15.9 Å². The summed E-state index contributed by atoms with van der Waals surface area (Å²) in [4.78, 5) is 12.2. The molecule has 0 saturated carbocycles. The van der Waals surface area contributed by atoms with Crippen molar-refractivity contribution in [1.82, 2.24) is 5.32 Å². The minimum atomic E-state index is -0.141. The minimum Gasteiger partial charge on any atom is -0.496 e. The Bertz CT molecular complexity index is 684. The first kappa shape index (κ1) is 14.3. The highest BCUT2D eigenvalue weighted by Gasteiger charge is 2.14. The van der Waals surface area contributed by atoms with Crippen LogP contribution in [-0.2, 0) is 6.42 Å². The van der Waals surface area contributed by atoms with E-state index in [-0.39, 0.29) is 12.7 Å². The summed E-state index contributed by atoms with van der Waals surface area (Å²) >= 11 is 0. The summed E-state index contributed by atoms with van der Waals surface area (Å²) < 4.78 is 15.8. The first-order valence-corrected chi connectivity index (χ1v) is 7.07. The molecule has 22 heavy (non-hydrogen) atoms. The van der Waals surface area contributed by atoms with Crippen molar-refractivity contribution in [1.29, 1.82) is 0 Å². The van der Waals surface area contributed by atoms with E-state index in [4.69, 9.17) is 14.2 Å². The van der Waals surface area contributed by atoms with E-state index >= 15 is 0 Å². The second-order valence-electron chi connectivity index (χ2n) is 4.89.